The Bertz CT molecular complexity index is 1360. The summed E-state index contributed by atoms with van der Waals surface area (Å²) in [5, 5.41) is 5.11. The van der Waals surface area contributed by atoms with E-state index < -0.39 is 0 Å². The molecule has 0 aliphatic heterocycles. The molecule has 4 rings (SSSR count). The van der Waals surface area contributed by atoms with E-state index in [0.29, 0.717) is 26.6 Å². The lowest BCUT2D eigenvalue weighted by molar-refractivity contribution is -0.113. The van der Waals surface area contributed by atoms with Crippen LogP contribution in [0.1, 0.15) is 16.7 Å². The molecule has 0 saturated heterocycles. The second-order valence-corrected chi connectivity index (χ2v) is 9.11. The van der Waals surface area contributed by atoms with Crippen molar-refractivity contribution in [3.63, 3.8) is 0 Å². The first-order valence-corrected chi connectivity index (χ1v) is 11.5. The summed E-state index contributed by atoms with van der Waals surface area (Å²) in [4.78, 5) is 30.4. The molecule has 2 aromatic carbocycles. The Morgan fingerprint density at radius 2 is 1.94 bits per heavy atom. The number of hydrogen-bond acceptors (Lipinski definition) is 5. The van der Waals surface area contributed by atoms with Gasteiger partial charge in [-0.15, -0.1) is 11.3 Å². The van der Waals surface area contributed by atoms with Gasteiger partial charge in [0, 0.05) is 5.69 Å². The number of carbonyl (C=O) groups excluding carboxylic acids is 1. The zero-order chi connectivity index (χ0) is 22.1. The monoisotopic (exact) mass is 453 g/mol. The van der Waals surface area contributed by atoms with Crippen molar-refractivity contribution in [1.82, 2.24) is 9.55 Å². The first-order valence-electron chi connectivity index (χ1n) is 9.60. The van der Waals surface area contributed by atoms with Gasteiger partial charge in [-0.25, -0.2) is 9.37 Å². The summed E-state index contributed by atoms with van der Waals surface area (Å²) in [6, 6.07) is 11.9. The molecule has 0 bridgehead atoms. The predicted molar refractivity (Wildman–Crippen MR) is 125 cm³/mol. The van der Waals surface area contributed by atoms with E-state index in [1.54, 1.807) is 19.1 Å². The van der Waals surface area contributed by atoms with E-state index >= 15 is 0 Å². The van der Waals surface area contributed by atoms with Gasteiger partial charge < -0.3 is 5.32 Å². The first kappa shape index (κ1) is 21.3. The van der Waals surface area contributed by atoms with E-state index in [4.69, 9.17) is 0 Å². The van der Waals surface area contributed by atoms with Gasteiger partial charge in [-0.2, -0.15) is 0 Å². The fourth-order valence-electron chi connectivity index (χ4n) is 3.34. The predicted octanol–water partition coefficient (Wildman–Crippen LogP) is 5.24. The summed E-state index contributed by atoms with van der Waals surface area (Å²) in [7, 11) is 0. The molecule has 4 aromatic rings. The quantitative estimate of drug-likeness (QED) is 0.331. The number of nitrogens with zero attached hydrogens (tertiary/aromatic N) is 2. The van der Waals surface area contributed by atoms with E-state index in [-0.39, 0.29) is 23.0 Å². The van der Waals surface area contributed by atoms with Gasteiger partial charge in [0.2, 0.25) is 5.91 Å². The van der Waals surface area contributed by atoms with E-state index in [1.165, 1.54) is 39.8 Å². The number of anilines is 1. The van der Waals surface area contributed by atoms with Crippen LogP contribution >= 0.6 is 23.1 Å². The second-order valence-electron chi connectivity index (χ2n) is 7.26. The number of hydrogen-bond donors (Lipinski definition) is 1. The summed E-state index contributed by atoms with van der Waals surface area (Å²) in [6.07, 6.45) is 0. The molecule has 0 atom stereocenters. The number of carbonyl (C=O) groups is 1. The highest BCUT2D eigenvalue weighted by Gasteiger charge is 2.17. The Hall–Kier alpha value is -2.97. The molecule has 0 aliphatic carbocycles. The largest absolute Gasteiger partial charge is 0.325 e. The Morgan fingerprint density at radius 3 is 2.68 bits per heavy atom. The van der Waals surface area contributed by atoms with Gasteiger partial charge in [0.1, 0.15) is 10.5 Å². The van der Waals surface area contributed by atoms with Crippen molar-refractivity contribution >= 4 is 44.9 Å². The lowest BCUT2D eigenvalue weighted by atomic mass is 10.1. The van der Waals surface area contributed by atoms with Crippen LogP contribution in [0.25, 0.3) is 15.9 Å². The number of thioether (sulfide) groups is 1. The molecule has 2 heterocycles. The fourth-order valence-corrected chi connectivity index (χ4v) is 4.91. The zero-order valence-corrected chi connectivity index (χ0v) is 18.9. The first-order chi connectivity index (χ1) is 14.8. The number of amides is 1. The fraction of sp³-hybridized carbons (Fsp3) is 0.174. The third-order valence-corrected chi connectivity index (χ3v) is 6.67. The maximum absolute atomic E-state index is 13.6. The van der Waals surface area contributed by atoms with Crippen LogP contribution in [0.4, 0.5) is 10.1 Å². The van der Waals surface area contributed by atoms with Gasteiger partial charge in [0.25, 0.3) is 5.56 Å². The van der Waals surface area contributed by atoms with Crippen molar-refractivity contribution in [2.45, 2.75) is 25.9 Å². The minimum atomic E-state index is -0.374. The molecule has 0 fully saturated rings. The summed E-state index contributed by atoms with van der Waals surface area (Å²) in [5.41, 5.74) is 4.37. The zero-order valence-electron chi connectivity index (χ0n) is 17.2. The molecule has 0 unspecified atom stereocenters. The smallest absolute Gasteiger partial charge is 0.276 e. The molecular weight excluding hydrogens is 433 g/mol. The van der Waals surface area contributed by atoms with Crippen molar-refractivity contribution < 1.29 is 9.18 Å². The lowest BCUT2D eigenvalue weighted by Gasteiger charge is -2.14. The highest BCUT2D eigenvalue weighted by molar-refractivity contribution is 7.99. The number of thiophene rings is 1. The van der Waals surface area contributed by atoms with Crippen molar-refractivity contribution in [3.8, 4) is 5.69 Å². The van der Waals surface area contributed by atoms with Gasteiger partial charge in [-0.05, 0) is 67.6 Å². The van der Waals surface area contributed by atoms with Gasteiger partial charge in [0.05, 0.1) is 17.0 Å². The average Bonchev–Trinajstić information content (AvgIpc) is 3.18. The molecule has 5 nitrogen and oxygen atoms in total. The summed E-state index contributed by atoms with van der Waals surface area (Å²) >= 11 is 2.49. The van der Waals surface area contributed by atoms with Crippen LogP contribution in [0.15, 0.2) is 57.8 Å². The Morgan fingerprint density at radius 1 is 1.13 bits per heavy atom. The van der Waals surface area contributed by atoms with Crippen LogP contribution in [-0.2, 0) is 4.79 Å². The number of aromatic nitrogens is 2. The van der Waals surface area contributed by atoms with E-state index in [1.807, 2.05) is 37.4 Å². The third kappa shape index (κ3) is 4.40. The van der Waals surface area contributed by atoms with Crippen LogP contribution in [-0.4, -0.2) is 21.2 Å². The number of nitrogens with one attached hydrogen (secondary N) is 1. The molecule has 1 N–H and O–H groups in total. The van der Waals surface area contributed by atoms with Gasteiger partial charge >= 0.3 is 0 Å². The SMILES string of the molecule is Cc1ccc(NC(=O)CSc2nc3ccsc3c(=O)n2-c2ccc(F)cc2C)c(C)c1. The van der Waals surface area contributed by atoms with Crippen molar-refractivity contribution in [1.29, 1.82) is 0 Å². The maximum atomic E-state index is 13.6. The van der Waals surface area contributed by atoms with Crippen LogP contribution in [0.2, 0.25) is 0 Å². The van der Waals surface area contributed by atoms with Gasteiger partial charge in [-0.1, -0.05) is 29.5 Å². The molecule has 1 amide bonds. The normalized spacial score (nSPS) is 11.1. The van der Waals surface area contributed by atoms with E-state index in [9.17, 15) is 14.0 Å². The number of fused-ring (bicyclic) bond motifs is 1. The Labute approximate surface area is 187 Å². The summed E-state index contributed by atoms with van der Waals surface area (Å²) in [6.45, 7) is 5.68. The standard InChI is InChI=1S/C23H20FN3O2S2/c1-13-4-6-17(14(2)10-13)25-20(28)12-31-23-26-18-8-9-30-21(18)22(29)27(23)19-7-5-16(24)11-15(19)3/h4-11H,12H2,1-3H3,(H,25,28). The molecule has 0 radical (unpaired) electrons. The number of aryl methyl sites for hydroxylation is 3. The van der Waals surface area contributed by atoms with Gasteiger partial charge in [-0.3, -0.25) is 14.2 Å². The van der Waals surface area contributed by atoms with Crippen LogP contribution in [0.5, 0.6) is 0 Å². The van der Waals surface area contributed by atoms with Crippen molar-refractivity contribution in [3.05, 3.63) is 80.7 Å². The summed E-state index contributed by atoms with van der Waals surface area (Å²) < 4.78 is 15.6. The number of halogens is 1. The molecule has 0 saturated carbocycles. The minimum Gasteiger partial charge on any atom is -0.325 e. The van der Waals surface area contributed by atoms with Crippen molar-refractivity contribution in [2.24, 2.45) is 0 Å². The van der Waals surface area contributed by atoms with Gasteiger partial charge in [0.15, 0.2) is 5.16 Å². The van der Waals surface area contributed by atoms with Crippen molar-refractivity contribution in [2.75, 3.05) is 11.1 Å². The van der Waals surface area contributed by atoms with Crippen LogP contribution in [0.3, 0.4) is 0 Å². The summed E-state index contributed by atoms with van der Waals surface area (Å²) in [5.74, 6) is -0.490. The number of benzene rings is 2. The van der Waals surface area contributed by atoms with E-state index in [2.05, 4.69) is 10.3 Å². The molecule has 31 heavy (non-hydrogen) atoms. The lowest BCUT2D eigenvalue weighted by Crippen LogP contribution is -2.23. The number of rotatable bonds is 5. The second kappa shape index (κ2) is 8.64. The van der Waals surface area contributed by atoms with E-state index in [0.717, 1.165) is 16.8 Å². The molecule has 2 aromatic heterocycles. The topological polar surface area (TPSA) is 64.0 Å². The Kier molecular flexibility index (Phi) is 5.93. The average molecular weight is 454 g/mol. The van der Waals surface area contributed by atoms with Crippen LogP contribution < -0.4 is 10.9 Å². The Balaban J connectivity index is 1.66. The molecule has 158 valence electrons. The molecule has 0 aliphatic rings. The third-order valence-electron chi connectivity index (χ3n) is 4.84. The molecule has 8 heteroatoms. The molecule has 0 spiro atoms. The highest BCUT2D eigenvalue weighted by atomic mass is 32.2. The molecular formula is C23H20FN3O2S2. The maximum Gasteiger partial charge on any atom is 0.276 e. The minimum absolute atomic E-state index is 0.0790. The van der Waals surface area contributed by atoms with Crippen LogP contribution in [0, 0.1) is 26.6 Å². The highest BCUT2D eigenvalue weighted by Crippen LogP contribution is 2.26.